The van der Waals surface area contributed by atoms with Crippen LogP contribution >= 0.6 is 0 Å². The molecule has 0 atom stereocenters. The Morgan fingerprint density at radius 1 is 1.38 bits per heavy atom. The zero-order chi connectivity index (χ0) is 12.0. The van der Waals surface area contributed by atoms with E-state index in [1.165, 1.54) is 0 Å². The second-order valence-electron chi connectivity index (χ2n) is 3.67. The number of rotatable bonds is 5. The van der Waals surface area contributed by atoms with Gasteiger partial charge in [-0.15, -0.1) is 0 Å². The first-order valence-electron chi connectivity index (χ1n) is 5.21. The largest absolute Gasteiger partial charge is 0.497 e. The number of benzene rings is 1. The van der Waals surface area contributed by atoms with Gasteiger partial charge in [0.25, 0.3) is 0 Å². The highest BCUT2D eigenvalue weighted by atomic mass is 16.5. The molecule has 1 amide bonds. The molecule has 0 heterocycles. The fourth-order valence-electron chi connectivity index (χ4n) is 1.47. The van der Waals surface area contributed by atoms with Gasteiger partial charge in [-0.05, 0) is 37.2 Å². The molecule has 16 heavy (non-hydrogen) atoms. The van der Waals surface area contributed by atoms with Gasteiger partial charge in [0.15, 0.2) is 0 Å². The minimum Gasteiger partial charge on any atom is -0.497 e. The average molecular weight is 222 g/mol. The monoisotopic (exact) mass is 222 g/mol. The number of nitrogens with one attached hydrogen (secondary N) is 2. The van der Waals surface area contributed by atoms with Crippen LogP contribution in [-0.2, 0) is 11.3 Å². The molecule has 1 rings (SSSR count). The Bertz CT molecular complexity index is 364. The Morgan fingerprint density at radius 3 is 2.75 bits per heavy atom. The molecule has 4 heteroatoms. The van der Waals surface area contributed by atoms with Gasteiger partial charge in [0, 0.05) is 6.54 Å². The highest BCUT2D eigenvalue weighted by Gasteiger charge is 2.01. The predicted molar refractivity (Wildman–Crippen MR) is 63.5 cm³/mol. The lowest BCUT2D eigenvalue weighted by atomic mass is 10.1. The number of methoxy groups -OCH3 is 1. The molecule has 1 aromatic carbocycles. The molecule has 0 spiro atoms. The third kappa shape index (κ3) is 3.90. The summed E-state index contributed by atoms with van der Waals surface area (Å²) in [6.07, 6.45) is 0. The molecule has 0 saturated carbocycles. The number of ether oxygens (including phenoxy) is 1. The molecule has 1 aromatic rings. The number of hydrogen-bond acceptors (Lipinski definition) is 3. The summed E-state index contributed by atoms with van der Waals surface area (Å²) < 4.78 is 5.16. The molecular formula is C12H18N2O2. The van der Waals surface area contributed by atoms with E-state index in [9.17, 15) is 4.79 Å². The van der Waals surface area contributed by atoms with Crippen LogP contribution in [0.2, 0.25) is 0 Å². The maximum atomic E-state index is 11.3. The van der Waals surface area contributed by atoms with Crippen molar-refractivity contribution in [2.24, 2.45) is 0 Å². The predicted octanol–water partition coefficient (Wildman–Crippen LogP) is 0.839. The summed E-state index contributed by atoms with van der Waals surface area (Å²) in [7, 11) is 3.38. The molecule has 0 aliphatic carbocycles. The molecule has 0 aliphatic rings. The number of amides is 1. The van der Waals surface area contributed by atoms with E-state index < -0.39 is 0 Å². The van der Waals surface area contributed by atoms with E-state index in [1.54, 1.807) is 14.2 Å². The summed E-state index contributed by atoms with van der Waals surface area (Å²) in [4.78, 5) is 11.3. The lowest BCUT2D eigenvalue weighted by Gasteiger charge is -2.08. The van der Waals surface area contributed by atoms with Crippen LogP contribution in [0.1, 0.15) is 11.1 Å². The first kappa shape index (κ1) is 12.5. The first-order valence-corrected chi connectivity index (χ1v) is 5.21. The fraction of sp³-hybridized carbons (Fsp3) is 0.417. The van der Waals surface area contributed by atoms with Crippen LogP contribution < -0.4 is 15.4 Å². The molecule has 0 aliphatic heterocycles. The molecule has 0 saturated heterocycles. The van der Waals surface area contributed by atoms with Crippen LogP contribution in [0.3, 0.4) is 0 Å². The van der Waals surface area contributed by atoms with Gasteiger partial charge in [-0.25, -0.2) is 0 Å². The zero-order valence-electron chi connectivity index (χ0n) is 9.96. The Kier molecular flexibility index (Phi) is 4.79. The molecule has 0 bridgehead atoms. The topological polar surface area (TPSA) is 50.4 Å². The molecule has 2 N–H and O–H groups in total. The van der Waals surface area contributed by atoms with Crippen LogP contribution in [0.4, 0.5) is 0 Å². The molecule has 4 nitrogen and oxygen atoms in total. The van der Waals surface area contributed by atoms with Crippen molar-refractivity contribution in [3.05, 3.63) is 29.3 Å². The highest BCUT2D eigenvalue weighted by molar-refractivity contribution is 5.77. The van der Waals surface area contributed by atoms with Crippen molar-refractivity contribution in [1.82, 2.24) is 10.6 Å². The second kappa shape index (κ2) is 6.12. The van der Waals surface area contributed by atoms with Crippen molar-refractivity contribution < 1.29 is 9.53 Å². The van der Waals surface area contributed by atoms with Crippen LogP contribution in [0.25, 0.3) is 0 Å². The zero-order valence-corrected chi connectivity index (χ0v) is 9.96. The van der Waals surface area contributed by atoms with Gasteiger partial charge < -0.3 is 15.4 Å². The first-order chi connectivity index (χ1) is 7.65. The van der Waals surface area contributed by atoms with Gasteiger partial charge in [0.1, 0.15) is 5.75 Å². The molecule has 0 fully saturated rings. The number of likely N-dealkylation sites (N-methyl/N-ethyl adjacent to an activating group) is 1. The highest BCUT2D eigenvalue weighted by Crippen LogP contribution is 2.16. The molecule has 88 valence electrons. The van der Waals surface area contributed by atoms with E-state index in [2.05, 4.69) is 10.6 Å². The Hall–Kier alpha value is -1.55. The smallest absolute Gasteiger partial charge is 0.234 e. The Balaban J connectivity index is 2.59. The molecule has 0 radical (unpaired) electrons. The number of aryl methyl sites for hydroxylation is 1. The van der Waals surface area contributed by atoms with Crippen LogP contribution in [0.15, 0.2) is 18.2 Å². The maximum Gasteiger partial charge on any atom is 0.234 e. The third-order valence-electron chi connectivity index (χ3n) is 2.17. The van der Waals surface area contributed by atoms with E-state index in [0.29, 0.717) is 13.1 Å². The number of hydrogen-bond donors (Lipinski definition) is 2. The molecular weight excluding hydrogens is 204 g/mol. The van der Waals surface area contributed by atoms with E-state index in [4.69, 9.17) is 4.74 Å². The summed E-state index contributed by atoms with van der Waals surface area (Å²) in [5, 5.41) is 5.62. The summed E-state index contributed by atoms with van der Waals surface area (Å²) in [6, 6.07) is 5.91. The summed E-state index contributed by atoms with van der Waals surface area (Å²) in [5.74, 6) is 0.806. The van der Waals surface area contributed by atoms with E-state index in [-0.39, 0.29) is 5.91 Å². The van der Waals surface area contributed by atoms with Gasteiger partial charge >= 0.3 is 0 Å². The number of carbonyl (C=O) groups is 1. The van der Waals surface area contributed by atoms with E-state index in [0.717, 1.165) is 16.9 Å². The minimum absolute atomic E-state index is 0.0111. The van der Waals surface area contributed by atoms with E-state index in [1.807, 2.05) is 25.1 Å². The average Bonchev–Trinajstić information content (AvgIpc) is 2.26. The van der Waals surface area contributed by atoms with Gasteiger partial charge in [-0.1, -0.05) is 6.07 Å². The van der Waals surface area contributed by atoms with Crippen molar-refractivity contribution in [3.63, 3.8) is 0 Å². The quantitative estimate of drug-likeness (QED) is 0.776. The van der Waals surface area contributed by atoms with E-state index >= 15 is 0 Å². The minimum atomic E-state index is -0.0111. The van der Waals surface area contributed by atoms with Crippen LogP contribution in [-0.4, -0.2) is 26.6 Å². The van der Waals surface area contributed by atoms with Crippen molar-refractivity contribution in [2.75, 3.05) is 20.7 Å². The van der Waals surface area contributed by atoms with Crippen molar-refractivity contribution >= 4 is 5.91 Å². The van der Waals surface area contributed by atoms with Crippen molar-refractivity contribution in [3.8, 4) is 5.75 Å². The second-order valence-corrected chi connectivity index (χ2v) is 3.67. The SMILES string of the molecule is CNCC(=O)NCc1cc(C)cc(OC)c1. The third-order valence-corrected chi connectivity index (χ3v) is 2.17. The van der Waals surface area contributed by atoms with Crippen LogP contribution in [0.5, 0.6) is 5.75 Å². The fourth-order valence-corrected chi connectivity index (χ4v) is 1.47. The van der Waals surface area contributed by atoms with Crippen molar-refractivity contribution in [1.29, 1.82) is 0 Å². The molecule has 0 unspecified atom stereocenters. The Morgan fingerprint density at radius 2 is 2.12 bits per heavy atom. The maximum absolute atomic E-state index is 11.3. The lowest BCUT2D eigenvalue weighted by Crippen LogP contribution is -2.31. The van der Waals surface area contributed by atoms with Crippen LogP contribution in [0, 0.1) is 6.92 Å². The summed E-state index contributed by atoms with van der Waals surface area (Å²) >= 11 is 0. The summed E-state index contributed by atoms with van der Waals surface area (Å²) in [6.45, 7) is 2.86. The molecule has 0 aromatic heterocycles. The standard InChI is InChI=1S/C12H18N2O2/c1-9-4-10(6-11(5-9)16-3)7-14-12(15)8-13-2/h4-6,13H,7-8H2,1-3H3,(H,14,15). The van der Waals surface area contributed by atoms with Gasteiger partial charge in [0.2, 0.25) is 5.91 Å². The summed E-state index contributed by atoms with van der Waals surface area (Å²) in [5.41, 5.74) is 2.17. The van der Waals surface area contributed by atoms with Crippen molar-refractivity contribution in [2.45, 2.75) is 13.5 Å². The number of carbonyl (C=O) groups excluding carboxylic acids is 1. The normalized spacial score (nSPS) is 9.94. The van der Waals surface area contributed by atoms with Gasteiger partial charge in [-0.2, -0.15) is 0 Å². The van der Waals surface area contributed by atoms with Gasteiger partial charge in [0.05, 0.1) is 13.7 Å². The van der Waals surface area contributed by atoms with Gasteiger partial charge in [-0.3, -0.25) is 4.79 Å². The lowest BCUT2D eigenvalue weighted by molar-refractivity contribution is -0.120. The Labute approximate surface area is 96.0 Å².